The van der Waals surface area contributed by atoms with Crippen molar-refractivity contribution in [2.75, 3.05) is 18.0 Å². The van der Waals surface area contributed by atoms with E-state index in [1.807, 2.05) is 31.7 Å². The molecule has 0 saturated carbocycles. The van der Waals surface area contributed by atoms with Gasteiger partial charge in [0, 0.05) is 24.6 Å². The van der Waals surface area contributed by atoms with Crippen molar-refractivity contribution in [3.8, 4) is 17.7 Å². The Balaban J connectivity index is 1.39. The van der Waals surface area contributed by atoms with Crippen molar-refractivity contribution < 1.29 is 18.0 Å². The molecular formula is C22H24N4O4. The van der Waals surface area contributed by atoms with E-state index in [1.54, 1.807) is 12.1 Å². The standard InChI is InChI=1S/C22H24N4O4/c1-13-11-17(15(3)29-13)14(2)24-20(27)16-6-8-26(9-7-16)22-18(12-23)25-21(30-22)19-5-4-10-28-19/h4-5,10-11,14,16H,6-9H2,1-3H3,(H,24,27). The van der Waals surface area contributed by atoms with E-state index >= 15 is 0 Å². The highest BCUT2D eigenvalue weighted by molar-refractivity contribution is 5.79. The molecule has 30 heavy (non-hydrogen) atoms. The minimum Gasteiger partial charge on any atom is -0.466 e. The number of rotatable bonds is 5. The van der Waals surface area contributed by atoms with Gasteiger partial charge in [-0.3, -0.25) is 4.79 Å². The number of nitrogens with zero attached hydrogens (tertiary/aromatic N) is 3. The zero-order valence-corrected chi connectivity index (χ0v) is 17.3. The van der Waals surface area contributed by atoms with Crippen molar-refractivity contribution in [3.05, 3.63) is 47.2 Å². The number of piperidine rings is 1. The minimum atomic E-state index is -0.108. The largest absolute Gasteiger partial charge is 0.466 e. The monoisotopic (exact) mass is 408 g/mol. The molecule has 3 aromatic rings. The first-order valence-electron chi connectivity index (χ1n) is 10.0. The third kappa shape index (κ3) is 3.83. The third-order valence-electron chi connectivity index (χ3n) is 5.50. The number of hydrogen-bond donors (Lipinski definition) is 1. The molecule has 0 bridgehead atoms. The molecule has 1 aliphatic rings. The normalized spacial score (nSPS) is 15.7. The van der Waals surface area contributed by atoms with Gasteiger partial charge in [0.25, 0.3) is 5.89 Å². The van der Waals surface area contributed by atoms with Gasteiger partial charge in [0.2, 0.25) is 17.5 Å². The number of nitrogens with one attached hydrogen (secondary N) is 1. The van der Waals surface area contributed by atoms with E-state index in [4.69, 9.17) is 13.3 Å². The summed E-state index contributed by atoms with van der Waals surface area (Å²) in [5.74, 6) is 2.81. The zero-order chi connectivity index (χ0) is 21.3. The van der Waals surface area contributed by atoms with Gasteiger partial charge in [0.05, 0.1) is 12.3 Å². The van der Waals surface area contributed by atoms with E-state index in [0.717, 1.165) is 17.1 Å². The van der Waals surface area contributed by atoms with Crippen molar-refractivity contribution in [2.24, 2.45) is 5.92 Å². The molecule has 1 saturated heterocycles. The number of hydrogen-bond acceptors (Lipinski definition) is 7. The summed E-state index contributed by atoms with van der Waals surface area (Å²) >= 11 is 0. The molecule has 0 aromatic carbocycles. The lowest BCUT2D eigenvalue weighted by molar-refractivity contribution is -0.126. The van der Waals surface area contributed by atoms with Gasteiger partial charge in [-0.05, 0) is 51.8 Å². The lowest BCUT2D eigenvalue weighted by atomic mass is 9.95. The first kappa shape index (κ1) is 19.8. The second kappa shape index (κ2) is 8.11. The van der Waals surface area contributed by atoms with Gasteiger partial charge in [-0.2, -0.15) is 10.2 Å². The Bertz CT molecular complexity index is 1070. The Hall–Kier alpha value is -3.47. The van der Waals surface area contributed by atoms with Crippen molar-refractivity contribution in [2.45, 2.75) is 39.7 Å². The van der Waals surface area contributed by atoms with Crippen LogP contribution in [-0.2, 0) is 4.79 Å². The van der Waals surface area contributed by atoms with Crippen molar-refractivity contribution in [1.29, 1.82) is 5.26 Å². The molecule has 1 unspecified atom stereocenters. The van der Waals surface area contributed by atoms with Gasteiger partial charge in [-0.15, -0.1) is 0 Å². The molecule has 1 fully saturated rings. The van der Waals surface area contributed by atoms with Crippen LogP contribution in [0.3, 0.4) is 0 Å². The van der Waals surface area contributed by atoms with Gasteiger partial charge < -0.3 is 23.5 Å². The van der Waals surface area contributed by atoms with Gasteiger partial charge >= 0.3 is 0 Å². The Morgan fingerprint density at radius 3 is 2.70 bits per heavy atom. The number of carbonyl (C=O) groups is 1. The van der Waals surface area contributed by atoms with E-state index < -0.39 is 0 Å². The number of anilines is 1. The highest BCUT2D eigenvalue weighted by Gasteiger charge is 2.30. The summed E-state index contributed by atoms with van der Waals surface area (Å²) < 4.78 is 16.7. The first-order chi connectivity index (χ1) is 14.5. The molecule has 1 amide bonds. The average molecular weight is 408 g/mol. The van der Waals surface area contributed by atoms with E-state index in [1.165, 1.54) is 6.26 Å². The van der Waals surface area contributed by atoms with Gasteiger partial charge in [-0.1, -0.05) is 0 Å². The number of nitriles is 1. The summed E-state index contributed by atoms with van der Waals surface area (Å²) in [6.45, 7) is 6.99. The molecular weight excluding hydrogens is 384 g/mol. The molecule has 0 radical (unpaired) electrons. The highest BCUT2D eigenvalue weighted by atomic mass is 16.4. The molecule has 4 rings (SSSR count). The molecule has 1 atom stereocenters. The minimum absolute atomic E-state index is 0.0368. The van der Waals surface area contributed by atoms with Gasteiger partial charge in [0.15, 0.2) is 5.76 Å². The zero-order valence-electron chi connectivity index (χ0n) is 17.3. The maximum Gasteiger partial charge on any atom is 0.266 e. The second-order valence-electron chi connectivity index (χ2n) is 7.62. The van der Waals surface area contributed by atoms with Crippen molar-refractivity contribution in [1.82, 2.24) is 10.3 Å². The van der Waals surface area contributed by atoms with Crippen LogP contribution in [0.2, 0.25) is 0 Å². The number of amides is 1. The number of oxazole rings is 1. The van der Waals surface area contributed by atoms with Crippen LogP contribution in [0.1, 0.15) is 48.6 Å². The molecule has 156 valence electrons. The van der Waals surface area contributed by atoms with Crippen LogP contribution in [-0.4, -0.2) is 24.0 Å². The summed E-state index contributed by atoms with van der Waals surface area (Å²) in [7, 11) is 0. The molecule has 8 heteroatoms. The SMILES string of the molecule is Cc1cc(C(C)NC(=O)C2CCN(c3oc(-c4ccco4)nc3C#N)CC2)c(C)o1. The van der Waals surface area contributed by atoms with Crippen molar-refractivity contribution >= 4 is 11.8 Å². The molecule has 1 N–H and O–H groups in total. The van der Waals surface area contributed by atoms with Crippen molar-refractivity contribution in [3.63, 3.8) is 0 Å². The fourth-order valence-electron chi connectivity index (χ4n) is 3.94. The average Bonchev–Trinajstić information content (AvgIpc) is 3.47. The van der Waals surface area contributed by atoms with Crippen LogP contribution in [0.4, 0.5) is 5.88 Å². The Morgan fingerprint density at radius 2 is 2.10 bits per heavy atom. The number of aryl methyl sites for hydroxylation is 2. The van der Waals surface area contributed by atoms with Crippen LogP contribution < -0.4 is 10.2 Å². The second-order valence-corrected chi connectivity index (χ2v) is 7.62. The summed E-state index contributed by atoms with van der Waals surface area (Å²) in [5, 5.41) is 12.5. The Morgan fingerprint density at radius 1 is 1.33 bits per heavy atom. The highest BCUT2D eigenvalue weighted by Crippen LogP contribution is 2.31. The number of aromatic nitrogens is 1. The summed E-state index contributed by atoms with van der Waals surface area (Å²) in [6, 6.07) is 7.41. The molecule has 0 aliphatic carbocycles. The summed E-state index contributed by atoms with van der Waals surface area (Å²) in [4.78, 5) is 19.0. The first-order valence-corrected chi connectivity index (χ1v) is 10.0. The Kier molecular flexibility index (Phi) is 5.36. The van der Waals surface area contributed by atoms with E-state index in [2.05, 4.69) is 16.4 Å². The fourth-order valence-corrected chi connectivity index (χ4v) is 3.94. The van der Waals surface area contributed by atoms with Crippen LogP contribution in [0.25, 0.3) is 11.7 Å². The number of furan rings is 2. The van der Waals surface area contributed by atoms with Crippen LogP contribution in [0.5, 0.6) is 0 Å². The van der Waals surface area contributed by atoms with Crippen LogP contribution in [0.15, 0.2) is 37.7 Å². The fraction of sp³-hybridized carbons (Fsp3) is 0.409. The lowest BCUT2D eigenvalue weighted by Gasteiger charge is -2.31. The molecule has 1 aliphatic heterocycles. The van der Waals surface area contributed by atoms with E-state index in [-0.39, 0.29) is 29.5 Å². The topological polar surface area (TPSA) is 108 Å². The quantitative estimate of drug-likeness (QED) is 0.677. The predicted octanol–water partition coefficient (Wildman–Crippen LogP) is 4.11. The number of carbonyl (C=O) groups excluding carboxylic acids is 1. The Labute approximate surface area is 174 Å². The van der Waals surface area contributed by atoms with E-state index in [0.29, 0.717) is 37.6 Å². The maximum atomic E-state index is 12.8. The summed E-state index contributed by atoms with van der Waals surface area (Å²) in [5.41, 5.74) is 1.23. The lowest BCUT2D eigenvalue weighted by Crippen LogP contribution is -2.41. The third-order valence-corrected chi connectivity index (χ3v) is 5.50. The molecule has 8 nitrogen and oxygen atoms in total. The van der Waals surface area contributed by atoms with E-state index in [9.17, 15) is 10.1 Å². The predicted molar refractivity (Wildman–Crippen MR) is 109 cm³/mol. The molecule has 3 aromatic heterocycles. The summed E-state index contributed by atoms with van der Waals surface area (Å²) in [6.07, 6.45) is 2.87. The van der Waals surface area contributed by atoms with Crippen LogP contribution in [0, 0.1) is 31.1 Å². The maximum absolute atomic E-state index is 12.8. The van der Waals surface area contributed by atoms with Gasteiger partial charge in [-0.25, -0.2) is 0 Å². The molecule has 4 heterocycles. The van der Waals surface area contributed by atoms with Gasteiger partial charge in [0.1, 0.15) is 17.6 Å². The smallest absolute Gasteiger partial charge is 0.266 e. The van der Waals surface area contributed by atoms with Crippen LogP contribution >= 0.6 is 0 Å². The molecule has 0 spiro atoms.